The van der Waals surface area contributed by atoms with Crippen molar-refractivity contribution < 1.29 is 13.9 Å². The van der Waals surface area contributed by atoms with Crippen molar-refractivity contribution in [2.75, 3.05) is 7.11 Å². The first-order chi connectivity index (χ1) is 7.34. The summed E-state index contributed by atoms with van der Waals surface area (Å²) in [5.74, 6) is -0.452. The molecule has 0 aliphatic heterocycles. The van der Waals surface area contributed by atoms with E-state index in [9.17, 15) is 4.79 Å². The van der Waals surface area contributed by atoms with E-state index in [0.717, 1.165) is 0 Å². The monoisotopic (exact) mass is 349 g/mol. The molecule has 8 heteroatoms. The summed E-state index contributed by atoms with van der Waals surface area (Å²) >= 11 is 19.8. The molecule has 4 nitrogen and oxygen atoms in total. The molecule has 1 aromatic rings. The standard InChI is InChI=1S/C8H7BrCl3NO3/c1-15-7(8(10,11)12)13-6(14)4-2-3-5(9)16-4/h2-3,7H,1H3,(H,13,14). The average molecular weight is 351 g/mol. The molecule has 0 bridgehead atoms. The molecular formula is C8H7BrCl3NO3. The van der Waals surface area contributed by atoms with Gasteiger partial charge in [0.1, 0.15) is 0 Å². The van der Waals surface area contributed by atoms with Gasteiger partial charge >= 0.3 is 0 Å². The molecule has 1 amide bonds. The molecule has 0 aliphatic carbocycles. The van der Waals surface area contributed by atoms with E-state index in [2.05, 4.69) is 21.2 Å². The van der Waals surface area contributed by atoms with E-state index < -0.39 is 15.9 Å². The van der Waals surface area contributed by atoms with Gasteiger partial charge in [0.05, 0.1) is 0 Å². The number of alkyl halides is 3. The second-order valence-electron chi connectivity index (χ2n) is 2.73. The maximum absolute atomic E-state index is 11.6. The maximum Gasteiger partial charge on any atom is 0.289 e. The molecule has 16 heavy (non-hydrogen) atoms. The van der Waals surface area contributed by atoms with Crippen molar-refractivity contribution in [2.24, 2.45) is 0 Å². The van der Waals surface area contributed by atoms with Crippen LogP contribution in [0, 0.1) is 0 Å². The van der Waals surface area contributed by atoms with Gasteiger partial charge in [-0.2, -0.15) is 0 Å². The molecule has 0 saturated heterocycles. The van der Waals surface area contributed by atoms with Gasteiger partial charge in [-0.05, 0) is 28.1 Å². The van der Waals surface area contributed by atoms with Crippen molar-refractivity contribution in [1.82, 2.24) is 5.32 Å². The number of carbonyl (C=O) groups is 1. The second-order valence-corrected chi connectivity index (χ2v) is 5.89. The maximum atomic E-state index is 11.6. The van der Waals surface area contributed by atoms with Crippen LogP contribution in [0.2, 0.25) is 0 Å². The van der Waals surface area contributed by atoms with E-state index in [4.69, 9.17) is 44.0 Å². The van der Waals surface area contributed by atoms with Crippen LogP contribution in [0.1, 0.15) is 10.6 Å². The number of hydrogen-bond donors (Lipinski definition) is 1. The fourth-order valence-electron chi connectivity index (χ4n) is 0.901. The number of amides is 1. The SMILES string of the molecule is COC(NC(=O)c1ccc(Br)o1)C(Cl)(Cl)Cl. The molecule has 0 saturated carbocycles. The van der Waals surface area contributed by atoms with Crippen molar-refractivity contribution in [3.8, 4) is 0 Å². The summed E-state index contributed by atoms with van der Waals surface area (Å²) in [5, 5.41) is 2.36. The minimum atomic E-state index is -1.76. The van der Waals surface area contributed by atoms with Gasteiger partial charge in [-0.25, -0.2) is 0 Å². The van der Waals surface area contributed by atoms with Crippen molar-refractivity contribution in [1.29, 1.82) is 0 Å². The molecule has 0 radical (unpaired) electrons. The van der Waals surface area contributed by atoms with Gasteiger partial charge in [0.15, 0.2) is 16.7 Å². The lowest BCUT2D eigenvalue weighted by Gasteiger charge is -2.23. The quantitative estimate of drug-likeness (QED) is 0.672. The number of hydrogen-bond acceptors (Lipinski definition) is 3. The third-order valence-electron chi connectivity index (χ3n) is 1.59. The highest BCUT2D eigenvalue weighted by Crippen LogP contribution is 2.30. The van der Waals surface area contributed by atoms with E-state index >= 15 is 0 Å². The van der Waals surface area contributed by atoms with Crippen molar-refractivity contribution in [2.45, 2.75) is 10.0 Å². The molecule has 1 unspecified atom stereocenters. The van der Waals surface area contributed by atoms with Crippen LogP contribution in [0.15, 0.2) is 21.2 Å². The molecule has 90 valence electrons. The minimum Gasteiger partial charge on any atom is -0.444 e. The lowest BCUT2D eigenvalue weighted by Crippen LogP contribution is -2.44. The molecule has 0 fully saturated rings. The summed E-state index contributed by atoms with van der Waals surface area (Å²) < 4.78 is 8.53. The number of carbonyl (C=O) groups excluding carboxylic acids is 1. The number of ether oxygens (including phenoxy) is 1. The second kappa shape index (κ2) is 5.60. The largest absolute Gasteiger partial charge is 0.444 e. The lowest BCUT2D eigenvalue weighted by molar-refractivity contribution is 0.0576. The molecule has 1 N–H and O–H groups in total. The topological polar surface area (TPSA) is 51.5 Å². The Bertz CT molecular complexity index is 377. The number of halogens is 4. The summed E-state index contributed by atoms with van der Waals surface area (Å²) in [6.45, 7) is 0. The van der Waals surface area contributed by atoms with Crippen LogP contribution in [0.5, 0.6) is 0 Å². The third-order valence-corrected chi connectivity index (χ3v) is 2.61. The van der Waals surface area contributed by atoms with Crippen LogP contribution in [-0.2, 0) is 4.74 Å². The first kappa shape index (κ1) is 14.1. The van der Waals surface area contributed by atoms with Gasteiger partial charge in [-0.15, -0.1) is 0 Å². The Balaban J connectivity index is 2.70. The van der Waals surface area contributed by atoms with E-state index in [1.54, 1.807) is 6.07 Å². The van der Waals surface area contributed by atoms with Crippen molar-refractivity contribution >= 4 is 56.6 Å². The molecule has 0 aliphatic rings. The Morgan fingerprint density at radius 3 is 2.56 bits per heavy atom. The molecule has 0 spiro atoms. The van der Waals surface area contributed by atoms with Gasteiger partial charge in [-0.1, -0.05) is 34.8 Å². The van der Waals surface area contributed by atoms with Gasteiger partial charge in [-0.3, -0.25) is 4.79 Å². The zero-order chi connectivity index (χ0) is 12.3. The highest BCUT2D eigenvalue weighted by atomic mass is 79.9. The van der Waals surface area contributed by atoms with Crippen molar-refractivity contribution in [3.63, 3.8) is 0 Å². The van der Waals surface area contributed by atoms with Gasteiger partial charge in [0, 0.05) is 7.11 Å². The lowest BCUT2D eigenvalue weighted by atomic mass is 10.4. The van der Waals surface area contributed by atoms with E-state index in [0.29, 0.717) is 4.67 Å². The van der Waals surface area contributed by atoms with Crippen molar-refractivity contribution in [3.05, 3.63) is 22.6 Å². The number of furan rings is 1. The first-order valence-corrected chi connectivity index (χ1v) is 5.93. The molecular weight excluding hydrogens is 344 g/mol. The van der Waals surface area contributed by atoms with Crippen LogP contribution < -0.4 is 5.32 Å². The summed E-state index contributed by atoms with van der Waals surface area (Å²) in [7, 11) is 1.31. The normalized spacial score (nSPS) is 13.6. The highest BCUT2D eigenvalue weighted by Gasteiger charge is 2.34. The van der Waals surface area contributed by atoms with Gasteiger partial charge < -0.3 is 14.5 Å². The summed E-state index contributed by atoms with van der Waals surface area (Å²) in [6.07, 6.45) is -1.06. The van der Waals surface area contributed by atoms with Crippen LogP contribution in [0.3, 0.4) is 0 Å². The van der Waals surface area contributed by atoms with Crippen LogP contribution in [0.4, 0.5) is 0 Å². The Kier molecular flexibility index (Phi) is 4.94. The molecule has 1 aromatic heterocycles. The summed E-state index contributed by atoms with van der Waals surface area (Å²) in [5.41, 5.74) is 0. The Morgan fingerprint density at radius 2 is 2.19 bits per heavy atom. The highest BCUT2D eigenvalue weighted by molar-refractivity contribution is 9.10. The fraction of sp³-hybridized carbons (Fsp3) is 0.375. The predicted molar refractivity (Wildman–Crippen MR) is 65.0 cm³/mol. The Morgan fingerprint density at radius 1 is 1.56 bits per heavy atom. The fourth-order valence-corrected chi connectivity index (χ4v) is 1.64. The van der Waals surface area contributed by atoms with Gasteiger partial charge in [0.25, 0.3) is 5.91 Å². The Labute approximate surface area is 115 Å². The van der Waals surface area contributed by atoms with E-state index in [1.165, 1.54) is 13.2 Å². The molecule has 1 atom stereocenters. The Hall–Kier alpha value is 0.0600. The van der Waals surface area contributed by atoms with E-state index in [1.807, 2.05) is 0 Å². The third kappa shape index (κ3) is 3.82. The van der Waals surface area contributed by atoms with Crippen LogP contribution in [0.25, 0.3) is 0 Å². The van der Waals surface area contributed by atoms with Gasteiger partial charge in [0.2, 0.25) is 3.79 Å². The van der Waals surface area contributed by atoms with Crippen LogP contribution in [-0.4, -0.2) is 23.0 Å². The molecule has 0 aromatic carbocycles. The zero-order valence-corrected chi connectivity index (χ0v) is 11.8. The number of nitrogens with one attached hydrogen (secondary N) is 1. The smallest absolute Gasteiger partial charge is 0.289 e. The van der Waals surface area contributed by atoms with E-state index in [-0.39, 0.29) is 5.76 Å². The molecule has 1 rings (SSSR count). The summed E-state index contributed by atoms with van der Waals surface area (Å²) in [6, 6.07) is 3.05. The number of rotatable bonds is 3. The zero-order valence-electron chi connectivity index (χ0n) is 7.97. The molecule has 1 heterocycles. The number of methoxy groups -OCH3 is 1. The summed E-state index contributed by atoms with van der Waals surface area (Å²) in [4.78, 5) is 11.6. The minimum absolute atomic E-state index is 0.0863. The van der Waals surface area contributed by atoms with Crippen LogP contribution >= 0.6 is 50.7 Å². The predicted octanol–water partition coefficient (Wildman–Crippen LogP) is 3.11. The first-order valence-electron chi connectivity index (χ1n) is 4.00. The average Bonchev–Trinajstić information content (AvgIpc) is 2.59.